The quantitative estimate of drug-likeness (QED) is 0.759. The minimum atomic E-state index is -0.328. The van der Waals surface area contributed by atoms with Gasteiger partial charge in [-0.1, -0.05) is 23.7 Å². The molecule has 0 aliphatic heterocycles. The van der Waals surface area contributed by atoms with Crippen molar-refractivity contribution in [3.05, 3.63) is 52.9 Å². The Morgan fingerprint density at radius 1 is 1.29 bits per heavy atom. The van der Waals surface area contributed by atoms with Crippen LogP contribution in [-0.2, 0) is 6.42 Å². The molecule has 1 heterocycles. The first-order valence-corrected chi connectivity index (χ1v) is 5.36. The van der Waals surface area contributed by atoms with E-state index in [4.69, 9.17) is 16.9 Å². The van der Waals surface area contributed by atoms with Gasteiger partial charge in [0.05, 0.1) is 18.2 Å². The topological polar surface area (TPSA) is 36.7 Å². The second kappa shape index (κ2) is 4.94. The third-order valence-electron chi connectivity index (χ3n) is 2.26. The van der Waals surface area contributed by atoms with Crippen LogP contribution in [0.1, 0.15) is 5.56 Å². The molecule has 0 atom stereocenters. The maximum atomic E-state index is 13.1. The normalized spacial score (nSPS) is 9.94. The van der Waals surface area contributed by atoms with Crippen molar-refractivity contribution in [2.75, 3.05) is 0 Å². The van der Waals surface area contributed by atoms with Crippen LogP contribution in [0.5, 0.6) is 0 Å². The minimum absolute atomic E-state index is 0.255. The second-order valence-electron chi connectivity index (χ2n) is 3.53. The minimum Gasteiger partial charge on any atom is -0.236 e. The number of halogens is 2. The molecule has 2 nitrogen and oxygen atoms in total. The van der Waals surface area contributed by atoms with E-state index in [0.717, 1.165) is 5.56 Å². The summed E-state index contributed by atoms with van der Waals surface area (Å²) in [6.45, 7) is 0. The van der Waals surface area contributed by atoms with Crippen molar-refractivity contribution in [2.24, 2.45) is 0 Å². The molecule has 0 bridgehead atoms. The zero-order valence-electron chi connectivity index (χ0n) is 8.82. The number of nitriles is 1. The number of nitrogens with zero attached hydrogens (tertiary/aromatic N) is 2. The first kappa shape index (κ1) is 11.6. The van der Waals surface area contributed by atoms with Crippen molar-refractivity contribution < 1.29 is 4.39 Å². The van der Waals surface area contributed by atoms with Gasteiger partial charge in [0.25, 0.3) is 0 Å². The highest BCUT2D eigenvalue weighted by Crippen LogP contribution is 2.22. The summed E-state index contributed by atoms with van der Waals surface area (Å²) in [6, 6.07) is 11.5. The fourth-order valence-electron chi connectivity index (χ4n) is 1.54. The van der Waals surface area contributed by atoms with E-state index in [1.165, 1.54) is 12.1 Å². The molecule has 0 unspecified atom stereocenters. The predicted octanol–water partition coefficient (Wildman–Crippen LogP) is 3.61. The highest BCUT2D eigenvalue weighted by atomic mass is 35.5. The first-order chi connectivity index (χ1) is 8.19. The molecule has 0 radical (unpaired) electrons. The molecule has 84 valence electrons. The predicted molar refractivity (Wildman–Crippen MR) is 64.0 cm³/mol. The molecule has 0 spiro atoms. The molecule has 0 fully saturated rings. The van der Waals surface area contributed by atoms with Crippen LogP contribution in [0.15, 0.2) is 36.4 Å². The van der Waals surface area contributed by atoms with Gasteiger partial charge in [0, 0.05) is 5.56 Å². The molecule has 0 amide bonds. The molecule has 0 saturated carbocycles. The van der Waals surface area contributed by atoms with E-state index >= 15 is 0 Å². The van der Waals surface area contributed by atoms with Crippen LogP contribution in [0.4, 0.5) is 4.39 Å². The monoisotopic (exact) mass is 246 g/mol. The number of rotatable bonds is 2. The summed E-state index contributed by atoms with van der Waals surface area (Å²) in [5.41, 5.74) is 1.99. The first-order valence-electron chi connectivity index (χ1n) is 4.98. The van der Waals surface area contributed by atoms with E-state index in [2.05, 4.69) is 4.98 Å². The van der Waals surface area contributed by atoms with Gasteiger partial charge in [0.15, 0.2) is 0 Å². The Morgan fingerprint density at radius 2 is 2.12 bits per heavy atom. The van der Waals surface area contributed by atoms with Crippen LogP contribution in [0.3, 0.4) is 0 Å². The molecular formula is C13H8ClFN2. The molecule has 2 aromatic rings. The van der Waals surface area contributed by atoms with E-state index in [9.17, 15) is 4.39 Å². The lowest BCUT2D eigenvalue weighted by Crippen LogP contribution is -1.90. The average Bonchev–Trinajstić information content (AvgIpc) is 2.28. The van der Waals surface area contributed by atoms with Gasteiger partial charge >= 0.3 is 0 Å². The number of benzene rings is 1. The van der Waals surface area contributed by atoms with Crippen molar-refractivity contribution in [3.63, 3.8) is 0 Å². The highest BCUT2D eigenvalue weighted by molar-refractivity contribution is 6.29. The van der Waals surface area contributed by atoms with E-state index in [1.54, 1.807) is 24.3 Å². The van der Waals surface area contributed by atoms with Crippen LogP contribution in [0, 0.1) is 17.1 Å². The smallest absolute Gasteiger partial charge is 0.130 e. The van der Waals surface area contributed by atoms with Crippen molar-refractivity contribution >= 4 is 11.6 Å². The number of aromatic nitrogens is 1. The van der Waals surface area contributed by atoms with Crippen molar-refractivity contribution in [2.45, 2.75) is 6.42 Å². The molecule has 17 heavy (non-hydrogen) atoms. The van der Waals surface area contributed by atoms with Gasteiger partial charge in [-0.15, -0.1) is 0 Å². The van der Waals surface area contributed by atoms with Gasteiger partial charge in [-0.25, -0.2) is 9.37 Å². The molecule has 1 aromatic carbocycles. The van der Waals surface area contributed by atoms with Crippen LogP contribution >= 0.6 is 11.6 Å². The Kier molecular flexibility index (Phi) is 3.36. The third kappa shape index (κ3) is 2.80. The lowest BCUT2D eigenvalue weighted by atomic mass is 10.1. The summed E-state index contributed by atoms with van der Waals surface area (Å²) in [5.74, 6) is -0.328. The molecule has 0 N–H and O–H groups in total. The molecule has 0 saturated heterocycles. The van der Waals surface area contributed by atoms with Crippen LogP contribution in [0.2, 0.25) is 5.15 Å². The summed E-state index contributed by atoms with van der Waals surface area (Å²) in [7, 11) is 0. The van der Waals surface area contributed by atoms with Gasteiger partial charge in [0.2, 0.25) is 0 Å². The lowest BCUT2D eigenvalue weighted by molar-refractivity contribution is 0.628. The summed E-state index contributed by atoms with van der Waals surface area (Å²) in [4.78, 5) is 4.12. The summed E-state index contributed by atoms with van der Waals surface area (Å²) in [5, 5.41) is 8.95. The van der Waals surface area contributed by atoms with Crippen molar-refractivity contribution in [1.29, 1.82) is 5.26 Å². The Hall–Kier alpha value is -1.92. The van der Waals surface area contributed by atoms with Crippen LogP contribution in [0.25, 0.3) is 11.3 Å². The zero-order chi connectivity index (χ0) is 12.3. The van der Waals surface area contributed by atoms with E-state index in [0.29, 0.717) is 16.4 Å². The van der Waals surface area contributed by atoms with Gasteiger partial charge < -0.3 is 0 Å². The van der Waals surface area contributed by atoms with E-state index in [-0.39, 0.29) is 12.2 Å². The average molecular weight is 247 g/mol. The van der Waals surface area contributed by atoms with Crippen molar-refractivity contribution in [3.8, 4) is 17.3 Å². The molecule has 1 aromatic heterocycles. The molecule has 0 aliphatic rings. The fraction of sp³-hybridized carbons (Fsp3) is 0.0769. The summed E-state index contributed by atoms with van der Waals surface area (Å²) < 4.78 is 13.1. The largest absolute Gasteiger partial charge is 0.236 e. The third-order valence-corrected chi connectivity index (χ3v) is 2.45. The van der Waals surface area contributed by atoms with E-state index in [1.807, 2.05) is 6.07 Å². The van der Waals surface area contributed by atoms with Crippen molar-refractivity contribution in [1.82, 2.24) is 4.98 Å². The van der Waals surface area contributed by atoms with Crippen LogP contribution in [-0.4, -0.2) is 4.98 Å². The van der Waals surface area contributed by atoms with E-state index < -0.39 is 0 Å². The molecule has 2 rings (SSSR count). The summed E-state index contributed by atoms with van der Waals surface area (Å²) >= 11 is 5.86. The van der Waals surface area contributed by atoms with Gasteiger partial charge in [-0.05, 0) is 29.8 Å². The second-order valence-corrected chi connectivity index (χ2v) is 3.92. The molecule has 0 aliphatic carbocycles. The SMILES string of the molecule is N#CCc1cc(Cl)nc(-c2cccc(F)c2)c1. The lowest BCUT2D eigenvalue weighted by Gasteiger charge is -2.04. The standard InChI is InChI=1S/C13H8ClFN2/c14-13-7-9(4-5-16)6-12(17-13)10-2-1-3-11(15)8-10/h1-3,6-8H,4H2. The Balaban J connectivity index is 2.49. The number of hydrogen-bond acceptors (Lipinski definition) is 2. The highest BCUT2D eigenvalue weighted by Gasteiger charge is 2.04. The Bertz CT molecular complexity index is 590. The Labute approximate surface area is 103 Å². The number of hydrogen-bond donors (Lipinski definition) is 0. The Morgan fingerprint density at radius 3 is 2.82 bits per heavy atom. The number of pyridine rings is 1. The van der Waals surface area contributed by atoms with Gasteiger partial charge in [0.1, 0.15) is 11.0 Å². The maximum Gasteiger partial charge on any atom is 0.130 e. The molecular weight excluding hydrogens is 239 g/mol. The molecule has 4 heteroatoms. The zero-order valence-corrected chi connectivity index (χ0v) is 9.58. The summed E-state index contributed by atoms with van der Waals surface area (Å²) in [6.07, 6.45) is 0.255. The van der Waals surface area contributed by atoms with Gasteiger partial charge in [-0.2, -0.15) is 5.26 Å². The fourth-order valence-corrected chi connectivity index (χ4v) is 1.77. The van der Waals surface area contributed by atoms with Gasteiger partial charge in [-0.3, -0.25) is 0 Å². The maximum absolute atomic E-state index is 13.1. The van der Waals surface area contributed by atoms with Crippen LogP contribution < -0.4 is 0 Å².